The second-order valence-electron chi connectivity index (χ2n) is 7.93. The van der Waals surface area contributed by atoms with Crippen molar-refractivity contribution in [3.63, 3.8) is 0 Å². The van der Waals surface area contributed by atoms with Crippen molar-refractivity contribution in [1.29, 1.82) is 0 Å². The van der Waals surface area contributed by atoms with Crippen LogP contribution in [0, 0.1) is 26.7 Å². The van der Waals surface area contributed by atoms with Gasteiger partial charge in [0.1, 0.15) is 12.0 Å². The van der Waals surface area contributed by atoms with Crippen LogP contribution in [0.3, 0.4) is 0 Å². The maximum Gasteiger partial charge on any atom is 0.266 e. The number of amides is 2. The van der Waals surface area contributed by atoms with Crippen molar-refractivity contribution in [1.82, 2.24) is 0 Å². The molecule has 2 amide bonds. The van der Waals surface area contributed by atoms with Crippen LogP contribution in [0.25, 0.3) is 0 Å². The minimum atomic E-state index is -0.829. The molecule has 0 aliphatic carbocycles. The highest BCUT2D eigenvalue weighted by molar-refractivity contribution is 7.10. The Morgan fingerprint density at radius 3 is 2.23 bits per heavy atom. The summed E-state index contributed by atoms with van der Waals surface area (Å²) >= 11 is 1.57. The highest BCUT2D eigenvalue weighted by Gasteiger charge is 2.60. The van der Waals surface area contributed by atoms with Gasteiger partial charge in [0.25, 0.3) is 5.91 Å². The summed E-state index contributed by atoms with van der Waals surface area (Å²) in [6.45, 7) is 5.90. The van der Waals surface area contributed by atoms with Gasteiger partial charge in [0.05, 0.1) is 11.4 Å². The van der Waals surface area contributed by atoms with Gasteiger partial charge in [-0.1, -0.05) is 42.0 Å². The van der Waals surface area contributed by atoms with Crippen molar-refractivity contribution >= 4 is 34.5 Å². The third-order valence-corrected chi connectivity index (χ3v) is 6.76. The average Bonchev–Trinajstić information content (AvgIpc) is 3.42. The molecule has 3 heterocycles. The third kappa shape index (κ3) is 2.79. The molecule has 0 bridgehead atoms. The quantitative estimate of drug-likeness (QED) is 0.578. The molecule has 2 saturated heterocycles. The summed E-state index contributed by atoms with van der Waals surface area (Å²) in [5.41, 5.74) is 4.46. The number of thiophene rings is 1. The molecule has 0 unspecified atom stereocenters. The summed E-state index contributed by atoms with van der Waals surface area (Å²) in [5.74, 6) is -1.08. The van der Waals surface area contributed by atoms with E-state index in [-0.39, 0.29) is 17.9 Å². The zero-order chi connectivity index (χ0) is 21.0. The van der Waals surface area contributed by atoms with E-state index in [0.29, 0.717) is 5.69 Å². The highest BCUT2D eigenvalue weighted by Crippen LogP contribution is 2.49. The highest BCUT2D eigenvalue weighted by atomic mass is 32.1. The molecule has 152 valence electrons. The molecule has 6 heteroatoms. The zero-order valence-electron chi connectivity index (χ0n) is 17.0. The van der Waals surface area contributed by atoms with Crippen molar-refractivity contribution < 1.29 is 14.4 Å². The maximum atomic E-state index is 13.7. The molecule has 30 heavy (non-hydrogen) atoms. The largest absolute Gasteiger partial charge is 0.273 e. The molecular weight excluding hydrogens is 396 g/mol. The zero-order valence-corrected chi connectivity index (χ0v) is 17.8. The molecular formula is C24H22N2O3S. The molecule has 2 aliphatic heterocycles. The third-order valence-electron chi connectivity index (χ3n) is 5.82. The van der Waals surface area contributed by atoms with E-state index in [1.165, 1.54) is 4.90 Å². The number of nitrogens with zero attached hydrogens (tertiary/aromatic N) is 2. The Bertz CT molecular complexity index is 1100. The van der Waals surface area contributed by atoms with Crippen LogP contribution >= 0.6 is 11.3 Å². The fourth-order valence-corrected chi connectivity index (χ4v) is 5.56. The lowest BCUT2D eigenvalue weighted by Gasteiger charge is -2.28. The topological polar surface area (TPSA) is 49.9 Å². The van der Waals surface area contributed by atoms with Gasteiger partial charge < -0.3 is 0 Å². The van der Waals surface area contributed by atoms with Crippen LogP contribution in [0.2, 0.25) is 0 Å². The molecule has 5 rings (SSSR count). The van der Waals surface area contributed by atoms with E-state index in [9.17, 15) is 9.59 Å². The summed E-state index contributed by atoms with van der Waals surface area (Å²) < 4.78 is 0. The lowest BCUT2D eigenvalue weighted by Crippen LogP contribution is -2.38. The van der Waals surface area contributed by atoms with E-state index in [4.69, 9.17) is 4.84 Å². The smallest absolute Gasteiger partial charge is 0.266 e. The normalized spacial score (nSPS) is 23.4. The van der Waals surface area contributed by atoms with E-state index in [2.05, 4.69) is 0 Å². The number of anilines is 2. The van der Waals surface area contributed by atoms with Crippen LogP contribution in [0.15, 0.2) is 60.0 Å². The van der Waals surface area contributed by atoms with Gasteiger partial charge in [-0.2, -0.15) is 0 Å². The standard InChI is InChI=1S/C24H22N2O3S/c1-14-12-15(2)20(16(3)13-14)25-23(27)19-21(18-10-7-11-30-18)26(29-22(19)24(25)28)17-8-5-4-6-9-17/h4-13,19,21-22H,1-3H3/t19-,21+,22+/m0/s1. The number of hydrogen-bond donors (Lipinski definition) is 0. The fourth-order valence-electron chi connectivity index (χ4n) is 4.71. The van der Waals surface area contributed by atoms with Crippen LogP contribution in [0.4, 0.5) is 11.4 Å². The molecule has 3 atom stereocenters. The number of benzene rings is 2. The van der Waals surface area contributed by atoms with Crippen molar-refractivity contribution in [2.75, 3.05) is 9.96 Å². The number of hydrogen-bond acceptors (Lipinski definition) is 5. The van der Waals surface area contributed by atoms with E-state index in [1.807, 2.05) is 80.7 Å². The van der Waals surface area contributed by atoms with Crippen LogP contribution in [0.1, 0.15) is 27.6 Å². The van der Waals surface area contributed by atoms with Crippen LogP contribution in [-0.2, 0) is 14.4 Å². The van der Waals surface area contributed by atoms with Crippen LogP contribution < -0.4 is 9.96 Å². The fraction of sp³-hybridized carbons (Fsp3) is 0.250. The van der Waals surface area contributed by atoms with Crippen molar-refractivity contribution in [2.24, 2.45) is 5.92 Å². The number of rotatable bonds is 3. The van der Waals surface area contributed by atoms with Crippen molar-refractivity contribution in [3.05, 3.63) is 81.5 Å². The molecule has 5 nitrogen and oxygen atoms in total. The molecule has 2 aromatic carbocycles. The monoisotopic (exact) mass is 418 g/mol. The van der Waals surface area contributed by atoms with E-state index in [1.54, 1.807) is 16.4 Å². The second-order valence-corrected chi connectivity index (χ2v) is 8.91. The van der Waals surface area contributed by atoms with E-state index >= 15 is 0 Å². The SMILES string of the molecule is Cc1cc(C)c(N2C(=O)[C@H]3[C@@H](c4cccs4)N(c4ccccc4)O[C@H]3C2=O)c(C)c1. The van der Waals surface area contributed by atoms with Gasteiger partial charge in [0, 0.05) is 4.88 Å². The van der Waals surface area contributed by atoms with Gasteiger partial charge in [-0.25, -0.2) is 9.96 Å². The number of hydroxylamine groups is 1. The number of carbonyl (C=O) groups excluding carboxylic acids is 2. The molecule has 0 spiro atoms. The molecule has 3 aromatic rings. The first kappa shape index (κ1) is 19.0. The predicted molar refractivity (Wildman–Crippen MR) is 117 cm³/mol. The Balaban J connectivity index is 1.60. The first-order valence-corrected chi connectivity index (χ1v) is 10.9. The Morgan fingerprint density at radius 2 is 1.60 bits per heavy atom. The molecule has 0 saturated carbocycles. The summed E-state index contributed by atoms with van der Waals surface area (Å²) in [6, 6.07) is 17.3. The van der Waals surface area contributed by atoms with Crippen molar-refractivity contribution in [3.8, 4) is 0 Å². The number of carbonyl (C=O) groups is 2. The molecule has 0 N–H and O–H groups in total. The first-order chi connectivity index (χ1) is 14.5. The van der Waals surface area contributed by atoms with E-state index < -0.39 is 12.0 Å². The van der Waals surface area contributed by atoms with Crippen molar-refractivity contribution in [2.45, 2.75) is 32.9 Å². The van der Waals surface area contributed by atoms with Gasteiger partial charge in [0.2, 0.25) is 5.91 Å². The minimum absolute atomic E-state index is 0.197. The van der Waals surface area contributed by atoms with Gasteiger partial charge >= 0.3 is 0 Å². The van der Waals surface area contributed by atoms with Gasteiger partial charge in [0.15, 0.2) is 6.10 Å². The number of imide groups is 1. The summed E-state index contributed by atoms with van der Waals surface area (Å²) in [4.78, 5) is 35.6. The predicted octanol–water partition coefficient (Wildman–Crippen LogP) is 4.72. The maximum absolute atomic E-state index is 13.7. The Morgan fingerprint density at radius 1 is 0.900 bits per heavy atom. The number of fused-ring (bicyclic) bond motifs is 1. The van der Waals surface area contributed by atoms with E-state index in [0.717, 1.165) is 27.3 Å². The van der Waals surface area contributed by atoms with Crippen LogP contribution in [0.5, 0.6) is 0 Å². The van der Waals surface area contributed by atoms with Gasteiger partial charge in [-0.15, -0.1) is 11.3 Å². The first-order valence-electron chi connectivity index (χ1n) is 9.97. The second kappa shape index (κ2) is 7.07. The number of aryl methyl sites for hydroxylation is 3. The Kier molecular flexibility index (Phi) is 4.49. The number of para-hydroxylation sites is 1. The molecule has 2 fully saturated rings. The molecule has 1 aromatic heterocycles. The lowest BCUT2D eigenvalue weighted by molar-refractivity contribution is -0.126. The summed E-state index contributed by atoms with van der Waals surface area (Å²) in [6.07, 6.45) is -0.829. The Labute approximate surface area is 179 Å². The summed E-state index contributed by atoms with van der Waals surface area (Å²) in [5, 5.41) is 3.72. The summed E-state index contributed by atoms with van der Waals surface area (Å²) in [7, 11) is 0. The van der Waals surface area contributed by atoms with Crippen LogP contribution in [-0.4, -0.2) is 17.9 Å². The average molecular weight is 419 g/mol. The minimum Gasteiger partial charge on any atom is -0.273 e. The molecule has 0 radical (unpaired) electrons. The van der Waals surface area contributed by atoms with Gasteiger partial charge in [-0.05, 0) is 55.5 Å². The lowest BCUT2D eigenvalue weighted by atomic mass is 9.95. The Hall–Kier alpha value is -2.96. The van der Waals surface area contributed by atoms with Gasteiger partial charge in [-0.3, -0.25) is 14.4 Å². The molecule has 2 aliphatic rings.